The highest BCUT2D eigenvalue weighted by atomic mass is 32.1. The fourth-order valence-corrected chi connectivity index (χ4v) is 4.22. The van der Waals surface area contributed by atoms with Gasteiger partial charge >= 0.3 is 6.03 Å². The van der Waals surface area contributed by atoms with Gasteiger partial charge < -0.3 is 15.0 Å². The molecule has 32 heavy (non-hydrogen) atoms. The molecule has 3 rings (SSSR count). The van der Waals surface area contributed by atoms with E-state index in [1.807, 2.05) is 51.6 Å². The molecule has 0 saturated carbocycles. The quantitative estimate of drug-likeness (QED) is 0.633. The number of thiophene rings is 1. The number of carbonyl (C=O) groups excluding carboxylic acids is 3. The first-order chi connectivity index (χ1) is 15.5. The van der Waals surface area contributed by atoms with Gasteiger partial charge in [0.25, 0.3) is 0 Å². The van der Waals surface area contributed by atoms with Crippen LogP contribution in [0.5, 0.6) is 5.75 Å². The average Bonchev–Trinajstić information content (AvgIpc) is 3.21. The third-order valence-electron chi connectivity index (χ3n) is 5.35. The molecule has 1 fully saturated rings. The first-order valence-electron chi connectivity index (χ1n) is 10.8. The Hall–Kier alpha value is -2.91. The number of nitrogens with one attached hydrogen (secondary N) is 2. The van der Waals surface area contributed by atoms with Crippen molar-refractivity contribution in [3.63, 3.8) is 0 Å². The third kappa shape index (κ3) is 7.65. The lowest BCUT2D eigenvalue weighted by Gasteiger charge is -2.21. The number of carbonyl (C=O) groups is 3. The van der Waals surface area contributed by atoms with Gasteiger partial charge in [-0.25, -0.2) is 4.79 Å². The highest BCUT2D eigenvalue weighted by Crippen LogP contribution is 2.14. The number of benzene rings is 1. The van der Waals surface area contributed by atoms with Gasteiger partial charge in [0.2, 0.25) is 11.8 Å². The maximum Gasteiger partial charge on any atom is 0.321 e. The Morgan fingerprint density at radius 3 is 2.59 bits per heavy atom. The van der Waals surface area contributed by atoms with Crippen LogP contribution in [0.25, 0.3) is 0 Å². The zero-order valence-electron chi connectivity index (χ0n) is 18.3. The molecule has 0 radical (unpaired) electrons. The van der Waals surface area contributed by atoms with E-state index in [-0.39, 0.29) is 18.4 Å². The van der Waals surface area contributed by atoms with Gasteiger partial charge in [0.15, 0.2) is 0 Å². The zero-order chi connectivity index (χ0) is 22.8. The number of amides is 4. The van der Waals surface area contributed by atoms with Crippen LogP contribution in [0.4, 0.5) is 4.79 Å². The predicted octanol–water partition coefficient (Wildman–Crippen LogP) is 2.25. The molecule has 2 heterocycles. The first-order valence-corrected chi connectivity index (χ1v) is 11.6. The normalized spacial score (nSPS) is 14.5. The second-order valence-corrected chi connectivity index (χ2v) is 8.70. The minimum absolute atomic E-state index is 0.125. The summed E-state index contributed by atoms with van der Waals surface area (Å²) in [4.78, 5) is 41.6. The number of ether oxygens (including phenoxy) is 1. The maximum atomic E-state index is 12.6. The van der Waals surface area contributed by atoms with E-state index < -0.39 is 6.03 Å². The van der Waals surface area contributed by atoms with Crippen molar-refractivity contribution < 1.29 is 19.1 Å². The van der Waals surface area contributed by atoms with Crippen molar-refractivity contribution in [2.45, 2.75) is 25.8 Å². The lowest BCUT2D eigenvalue weighted by Crippen LogP contribution is -2.45. The molecule has 4 amide bonds. The Morgan fingerprint density at radius 1 is 1.06 bits per heavy atom. The molecular formula is C23H30N4O4S. The van der Waals surface area contributed by atoms with Gasteiger partial charge in [0.05, 0.1) is 20.2 Å². The molecule has 0 unspecified atom stereocenters. The maximum absolute atomic E-state index is 12.6. The Kier molecular flexibility index (Phi) is 9.06. The summed E-state index contributed by atoms with van der Waals surface area (Å²) in [5.41, 5.74) is 1.10. The number of hydrogen-bond acceptors (Lipinski definition) is 6. The highest BCUT2D eigenvalue weighted by molar-refractivity contribution is 7.09. The molecule has 8 nitrogen and oxygen atoms in total. The first kappa shape index (κ1) is 23.7. The van der Waals surface area contributed by atoms with Crippen LogP contribution in [-0.4, -0.2) is 67.5 Å². The number of urea groups is 1. The summed E-state index contributed by atoms with van der Waals surface area (Å²) >= 11 is 1.55. The van der Waals surface area contributed by atoms with Gasteiger partial charge in [-0.3, -0.25) is 19.8 Å². The molecule has 1 aromatic heterocycles. The molecule has 1 aliphatic rings. The molecule has 0 spiro atoms. The number of methoxy groups -OCH3 is 1. The fourth-order valence-electron chi connectivity index (χ4n) is 3.57. The summed E-state index contributed by atoms with van der Waals surface area (Å²) in [7, 11) is 1.63. The van der Waals surface area contributed by atoms with Crippen molar-refractivity contribution in [2.24, 2.45) is 0 Å². The molecule has 172 valence electrons. The van der Waals surface area contributed by atoms with E-state index in [4.69, 9.17) is 4.74 Å². The molecule has 1 saturated heterocycles. The molecule has 0 atom stereocenters. The third-order valence-corrected chi connectivity index (χ3v) is 6.23. The van der Waals surface area contributed by atoms with Crippen molar-refractivity contribution in [3.8, 4) is 5.75 Å². The summed E-state index contributed by atoms with van der Waals surface area (Å²) in [5.74, 6) is 0.588. The van der Waals surface area contributed by atoms with Crippen molar-refractivity contribution in [3.05, 3.63) is 52.2 Å². The molecule has 2 N–H and O–H groups in total. The molecule has 2 aromatic rings. The summed E-state index contributed by atoms with van der Waals surface area (Å²) in [6.45, 7) is 3.12. The van der Waals surface area contributed by atoms with Crippen LogP contribution in [0.2, 0.25) is 0 Å². The predicted molar refractivity (Wildman–Crippen MR) is 124 cm³/mol. The minimum atomic E-state index is -0.492. The molecule has 0 bridgehead atoms. The van der Waals surface area contributed by atoms with E-state index in [1.54, 1.807) is 18.4 Å². The smallest absolute Gasteiger partial charge is 0.321 e. The van der Waals surface area contributed by atoms with Crippen LogP contribution in [0.15, 0.2) is 41.8 Å². The van der Waals surface area contributed by atoms with Crippen LogP contribution in [0.3, 0.4) is 0 Å². The van der Waals surface area contributed by atoms with Crippen molar-refractivity contribution >= 4 is 29.2 Å². The van der Waals surface area contributed by atoms with Crippen molar-refractivity contribution in [2.75, 3.05) is 39.8 Å². The molecule has 1 aromatic carbocycles. The van der Waals surface area contributed by atoms with E-state index in [2.05, 4.69) is 10.6 Å². The number of imide groups is 1. The lowest BCUT2D eigenvalue weighted by molar-refractivity contribution is -0.131. The standard InChI is InChI=1S/C23H30N4O4S/c1-31-19-8-5-18(6-9-19)7-10-22(29)27-12-3-11-26(13-14-27)17-21(28)25-23(30)24-16-20-4-2-15-32-20/h2,4-6,8-9,15H,3,7,10-14,16-17H2,1H3,(H2,24,25,28,30). The highest BCUT2D eigenvalue weighted by Gasteiger charge is 2.21. The average molecular weight is 459 g/mol. The summed E-state index contributed by atoms with van der Waals surface area (Å²) < 4.78 is 5.16. The fraction of sp³-hybridized carbons (Fsp3) is 0.435. The van der Waals surface area contributed by atoms with Crippen molar-refractivity contribution in [1.29, 1.82) is 0 Å². The monoisotopic (exact) mass is 458 g/mol. The minimum Gasteiger partial charge on any atom is -0.497 e. The van der Waals surface area contributed by atoms with Crippen LogP contribution in [0.1, 0.15) is 23.3 Å². The van der Waals surface area contributed by atoms with E-state index in [0.717, 1.165) is 22.6 Å². The zero-order valence-corrected chi connectivity index (χ0v) is 19.2. The lowest BCUT2D eigenvalue weighted by atomic mass is 10.1. The van der Waals surface area contributed by atoms with Crippen LogP contribution < -0.4 is 15.4 Å². The Labute approximate surface area is 192 Å². The Balaban J connectivity index is 1.36. The van der Waals surface area contributed by atoms with E-state index in [9.17, 15) is 14.4 Å². The van der Waals surface area contributed by atoms with Crippen LogP contribution in [-0.2, 0) is 22.6 Å². The van der Waals surface area contributed by atoms with Crippen molar-refractivity contribution in [1.82, 2.24) is 20.4 Å². The molecule has 0 aliphatic carbocycles. The summed E-state index contributed by atoms with van der Waals surface area (Å²) in [5, 5.41) is 6.99. The van der Waals surface area contributed by atoms with Gasteiger partial charge in [0, 0.05) is 37.5 Å². The van der Waals surface area contributed by atoms with Gasteiger partial charge in [0.1, 0.15) is 5.75 Å². The van der Waals surface area contributed by atoms with Gasteiger partial charge in [-0.15, -0.1) is 11.3 Å². The topological polar surface area (TPSA) is 91.0 Å². The molecule has 9 heteroatoms. The number of nitrogens with zero attached hydrogens (tertiary/aromatic N) is 2. The number of aryl methyl sites for hydroxylation is 1. The number of hydrogen-bond donors (Lipinski definition) is 2. The van der Waals surface area contributed by atoms with Crippen LogP contribution >= 0.6 is 11.3 Å². The van der Waals surface area contributed by atoms with E-state index in [0.29, 0.717) is 45.6 Å². The summed E-state index contributed by atoms with van der Waals surface area (Å²) in [6, 6.07) is 11.1. The van der Waals surface area contributed by atoms with E-state index >= 15 is 0 Å². The Bertz CT molecular complexity index is 886. The van der Waals surface area contributed by atoms with Crippen LogP contribution in [0, 0.1) is 0 Å². The van der Waals surface area contributed by atoms with Gasteiger partial charge in [-0.2, -0.15) is 0 Å². The SMILES string of the molecule is COc1ccc(CCC(=O)N2CCCN(CC(=O)NC(=O)NCc3cccs3)CC2)cc1. The van der Waals surface area contributed by atoms with Gasteiger partial charge in [-0.1, -0.05) is 18.2 Å². The molecule has 1 aliphatic heterocycles. The van der Waals surface area contributed by atoms with Gasteiger partial charge in [-0.05, 0) is 42.0 Å². The summed E-state index contributed by atoms with van der Waals surface area (Å²) in [6.07, 6.45) is 1.94. The molecular weight excluding hydrogens is 428 g/mol. The largest absolute Gasteiger partial charge is 0.497 e. The van der Waals surface area contributed by atoms with E-state index in [1.165, 1.54) is 0 Å². The second-order valence-electron chi connectivity index (χ2n) is 7.67. The Morgan fingerprint density at radius 2 is 1.88 bits per heavy atom. The number of rotatable bonds is 8. The second kappa shape index (κ2) is 12.2.